The lowest BCUT2D eigenvalue weighted by Crippen LogP contribution is -2.27. The number of hydrogen-bond donors (Lipinski definition) is 2. The predicted molar refractivity (Wildman–Crippen MR) is 77.6 cm³/mol. The van der Waals surface area contributed by atoms with Crippen LogP contribution in [0.4, 0.5) is 8.78 Å². The lowest BCUT2D eigenvalue weighted by molar-refractivity contribution is -0.0498. The van der Waals surface area contributed by atoms with Crippen molar-refractivity contribution in [2.24, 2.45) is 0 Å². The number of nitrogens with one attached hydrogen (secondary N) is 1. The zero-order valence-corrected chi connectivity index (χ0v) is 12.2. The quantitative estimate of drug-likeness (QED) is 0.905. The molecule has 0 radical (unpaired) electrons. The summed E-state index contributed by atoms with van der Waals surface area (Å²) in [6, 6.07) is 6.28. The van der Waals surface area contributed by atoms with Crippen LogP contribution in [-0.4, -0.2) is 17.6 Å². The molecule has 1 aliphatic rings. The molecule has 1 amide bonds. The first kappa shape index (κ1) is 14.8. The van der Waals surface area contributed by atoms with Gasteiger partial charge in [0.05, 0.1) is 6.04 Å². The van der Waals surface area contributed by atoms with Gasteiger partial charge in [-0.25, -0.2) is 0 Å². The number of thiophene rings is 1. The molecule has 0 unspecified atom stereocenters. The number of ether oxygens (including phenoxy) is 1. The second kappa shape index (κ2) is 5.92. The third-order valence-corrected chi connectivity index (χ3v) is 4.50. The Bertz CT molecular complexity index is 702. The van der Waals surface area contributed by atoms with E-state index in [0.29, 0.717) is 12.8 Å². The van der Waals surface area contributed by atoms with E-state index in [9.17, 15) is 18.7 Å². The van der Waals surface area contributed by atoms with Crippen LogP contribution in [0, 0.1) is 0 Å². The van der Waals surface area contributed by atoms with Gasteiger partial charge >= 0.3 is 6.61 Å². The van der Waals surface area contributed by atoms with Crippen molar-refractivity contribution in [3.63, 3.8) is 0 Å². The number of phenols is 1. The Hall–Kier alpha value is -2.15. The van der Waals surface area contributed by atoms with Crippen LogP contribution in [0.2, 0.25) is 0 Å². The van der Waals surface area contributed by atoms with Crippen LogP contribution in [-0.2, 0) is 6.42 Å². The SMILES string of the molecule is O=C(N[C@@H]1CCc2c(O)cccc21)c1sccc1OC(F)F. The van der Waals surface area contributed by atoms with Gasteiger partial charge in [-0.15, -0.1) is 11.3 Å². The number of fused-ring (bicyclic) bond motifs is 1. The van der Waals surface area contributed by atoms with Crippen molar-refractivity contribution < 1.29 is 23.4 Å². The maximum absolute atomic E-state index is 12.3. The molecule has 4 nitrogen and oxygen atoms in total. The minimum absolute atomic E-state index is 0.119. The van der Waals surface area contributed by atoms with Gasteiger partial charge in [0.2, 0.25) is 0 Å². The topological polar surface area (TPSA) is 58.6 Å². The largest absolute Gasteiger partial charge is 0.508 e. The lowest BCUT2D eigenvalue weighted by Gasteiger charge is -2.14. The van der Waals surface area contributed by atoms with Crippen molar-refractivity contribution in [2.45, 2.75) is 25.5 Å². The number of aromatic hydroxyl groups is 1. The fraction of sp³-hybridized carbons (Fsp3) is 0.267. The van der Waals surface area contributed by atoms with Crippen molar-refractivity contribution in [3.05, 3.63) is 45.6 Å². The third-order valence-electron chi connectivity index (χ3n) is 3.60. The molecule has 1 heterocycles. The first-order chi connectivity index (χ1) is 10.6. The Morgan fingerprint density at radius 2 is 2.23 bits per heavy atom. The summed E-state index contributed by atoms with van der Waals surface area (Å²) in [5, 5.41) is 14.1. The molecule has 0 bridgehead atoms. The van der Waals surface area contributed by atoms with E-state index in [1.807, 2.05) is 6.07 Å². The number of hydrogen-bond acceptors (Lipinski definition) is 4. The summed E-state index contributed by atoms with van der Waals surface area (Å²) in [4.78, 5) is 12.4. The smallest absolute Gasteiger partial charge is 0.387 e. The molecule has 2 aromatic rings. The minimum atomic E-state index is -2.97. The van der Waals surface area contributed by atoms with Crippen LogP contribution in [0.1, 0.15) is 33.3 Å². The third kappa shape index (κ3) is 2.76. The zero-order valence-electron chi connectivity index (χ0n) is 11.4. The van der Waals surface area contributed by atoms with Crippen molar-refractivity contribution in [3.8, 4) is 11.5 Å². The summed E-state index contributed by atoms with van der Waals surface area (Å²) in [5.74, 6) is -0.356. The van der Waals surface area contributed by atoms with Crippen LogP contribution in [0.25, 0.3) is 0 Å². The van der Waals surface area contributed by atoms with Crippen molar-refractivity contribution in [2.75, 3.05) is 0 Å². The van der Waals surface area contributed by atoms with E-state index >= 15 is 0 Å². The van der Waals surface area contributed by atoms with Crippen LogP contribution in [0.15, 0.2) is 29.6 Å². The lowest BCUT2D eigenvalue weighted by atomic mass is 10.1. The molecule has 1 aliphatic carbocycles. The Kier molecular flexibility index (Phi) is 3.98. The molecule has 0 saturated heterocycles. The molecule has 116 valence electrons. The highest BCUT2D eigenvalue weighted by atomic mass is 32.1. The van der Waals surface area contributed by atoms with Gasteiger partial charge in [0.15, 0.2) is 0 Å². The Balaban J connectivity index is 1.77. The summed E-state index contributed by atoms with van der Waals surface area (Å²) in [5.41, 5.74) is 1.68. The van der Waals surface area contributed by atoms with Gasteiger partial charge < -0.3 is 15.2 Å². The van der Waals surface area contributed by atoms with Crippen LogP contribution in [0.5, 0.6) is 11.5 Å². The minimum Gasteiger partial charge on any atom is -0.508 e. The van der Waals surface area contributed by atoms with Crippen molar-refractivity contribution in [1.82, 2.24) is 5.32 Å². The Morgan fingerprint density at radius 3 is 3.00 bits per heavy atom. The average molecular weight is 325 g/mol. The summed E-state index contributed by atoms with van der Waals surface area (Å²) >= 11 is 1.05. The normalized spacial score (nSPS) is 16.6. The Morgan fingerprint density at radius 1 is 1.41 bits per heavy atom. The number of halogens is 2. The molecule has 1 atom stereocenters. The number of benzene rings is 1. The first-order valence-corrected chi connectivity index (χ1v) is 7.58. The van der Waals surface area contributed by atoms with Gasteiger partial charge in [-0.2, -0.15) is 8.78 Å². The number of rotatable bonds is 4. The molecule has 0 spiro atoms. The second-order valence-electron chi connectivity index (χ2n) is 4.90. The highest BCUT2D eigenvalue weighted by Crippen LogP contribution is 2.37. The fourth-order valence-electron chi connectivity index (χ4n) is 2.66. The number of phenolic OH excluding ortho intramolecular Hbond substituents is 1. The average Bonchev–Trinajstić information content (AvgIpc) is 3.06. The maximum Gasteiger partial charge on any atom is 0.387 e. The van der Waals surface area contributed by atoms with E-state index in [-0.39, 0.29) is 22.4 Å². The Labute approximate surface area is 129 Å². The molecular formula is C15H13F2NO3S. The molecule has 0 saturated carbocycles. The molecule has 22 heavy (non-hydrogen) atoms. The number of carbonyl (C=O) groups excluding carboxylic acids is 1. The highest BCUT2D eigenvalue weighted by molar-refractivity contribution is 7.12. The highest BCUT2D eigenvalue weighted by Gasteiger charge is 2.27. The summed E-state index contributed by atoms with van der Waals surface area (Å²) in [6.07, 6.45) is 1.33. The van der Waals surface area contributed by atoms with E-state index < -0.39 is 12.5 Å². The van der Waals surface area contributed by atoms with E-state index in [1.54, 1.807) is 12.1 Å². The van der Waals surface area contributed by atoms with E-state index in [2.05, 4.69) is 10.1 Å². The molecular weight excluding hydrogens is 312 g/mol. The van der Waals surface area contributed by atoms with Gasteiger partial charge in [-0.1, -0.05) is 12.1 Å². The number of carbonyl (C=O) groups is 1. The first-order valence-electron chi connectivity index (χ1n) is 6.70. The molecule has 2 N–H and O–H groups in total. The summed E-state index contributed by atoms with van der Waals surface area (Å²) in [6.45, 7) is -2.97. The van der Waals surface area contributed by atoms with E-state index in [0.717, 1.165) is 22.5 Å². The molecule has 1 aromatic heterocycles. The van der Waals surface area contributed by atoms with E-state index in [1.165, 1.54) is 11.4 Å². The van der Waals surface area contributed by atoms with E-state index in [4.69, 9.17) is 0 Å². The number of alkyl halides is 2. The van der Waals surface area contributed by atoms with Gasteiger partial charge in [-0.3, -0.25) is 4.79 Å². The van der Waals surface area contributed by atoms with Gasteiger partial charge in [0, 0.05) is 0 Å². The number of amides is 1. The van der Waals surface area contributed by atoms with Crippen LogP contribution in [0.3, 0.4) is 0 Å². The fourth-order valence-corrected chi connectivity index (χ4v) is 3.39. The zero-order chi connectivity index (χ0) is 15.7. The molecule has 0 aliphatic heterocycles. The van der Waals surface area contributed by atoms with Crippen LogP contribution >= 0.6 is 11.3 Å². The monoisotopic (exact) mass is 325 g/mol. The van der Waals surface area contributed by atoms with Gasteiger partial charge in [0.25, 0.3) is 5.91 Å². The second-order valence-corrected chi connectivity index (χ2v) is 5.82. The van der Waals surface area contributed by atoms with Crippen molar-refractivity contribution >= 4 is 17.2 Å². The molecule has 0 fully saturated rings. The molecule has 3 rings (SSSR count). The standard InChI is InChI=1S/C15H13F2NO3S/c16-15(17)21-12-6-7-22-13(12)14(20)18-10-5-4-9-8(10)2-1-3-11(9)19/h1-3,6-7,10,15,19H,4-5H2,(H,18,20)/t10-/m1/s1. The summed E-state index contributed by atoms with van der Waals surface area (Å²) < 4.78 is 29.0. The molecule has 7 heteroatoms. The van der Waals surface area contributed by atoms with Crippen LogP contribution < -0.4 is 10.1 Å². The van der Waals surface area contributed by atoms with Gasteiger partial charge in [0.1, 0.15) is 16.4 Å². The molecule has 1 aromatic carbocycles. The predicted octanol–water partition coefficient (Wildman–Crippen LogP) is 3.47. The summed E-state index contributed by atoms with van der Waals surface area (Å²) in [7, 11) is 0. The van der Waals surface area contributed by atoms with Crippen molar-refractivity contribution in [1.29, 1.82) is 0 Å². The van der Waals surface area contributed by atoms with Gasteiger partial charge in [-0.05, 0) is 41.5 Å². The maximum atomic E-state index is 12.3.